The highest BCUT2D eigenvalue weighted by atomic mass is 16.5. The van der Waals surface area contributed by atoms with Gasteiger partial charge >= 0.3 is 11.9 Å². The van der Waals surface area contributed by atoms with Crippen LogP contribution >= 0.6 is 0 Å². The summed E-state index contributed by atoms with van der Waals surface area (Å²) in [6, 6.07) is 0. The van der Waals surface area contributed by atoms with Gasteiger partial charge in [0, 0.05) is 6.42 Å². The van der Waals surface area contributed by atoms with Gasteiger partial charge in [-0.1, -0.05) is 27.7 Å². The van der Waals surface area contributed by atoms with Crippen molar-refractivity contribution in [3.63, 3.8) is 0 Å². The van der Waals surface area contributed by atoms with Crippen molar-refractivity contribution in [3.05, 3.63) is 0 Å². The molecule has 0 spiro atoms. The molecule has 1 amide bonds. The maximum atomic E-state index is 12.8. The lowest BCUT2D eigenvalue weighted by molar-refractivity contribution is -0.210. The van der Waals surface area contributed by atoms with Gasteiger partial charge in [-0.3, -0.25) is 14.4 Å². The fourth-order valence-corrected chi connectivity index (χ4v) is 9.50. The second-order valence-electron chi connectivity index (χ2n) is 14.8. The first-order valence-corrected chi connectivity index (χ1v) is 15.7. The van der Waals surface area contributed by atoms with Crippen LogP contribution in [-0.2, 0) is 19.1 Å². The number of carboxylic acid groups (broad SMARTS) is 1. The van der Waals surface area contributed by atoms with Gasteiger partial charge in [-0.15, -0.1) is 0 Å². The molecule has 0 aromatic heterocycles. The zero-order chi connectivity index (χ0) is 29.6. The molecule has 4 N–H and O–H groups in total. The van der Waals surface area contributed by atoms with Gasteiger partial charge in [-0.05, 0) is 118 Å². The molecule has 8 nitrogen and oxygen atoms in total. The standard InChI is InChI=1S/C32H53NO7/c1-7-30(3,4)29(39)40-20-12-13-31(5)19(14-20)15-24(34)28-22-10-9-21(32(22,6)25(35)16-23(28)31)18(2)8-11-26(36)33-17-27(37)38/h18-25,28,34-35H,7-17H2,1-6H3,(H,33,36)(H,37,38). The Balaban J connectivity index is 1.45. The molecule has 8 heteroatoms. The molecule has 0 aromatic carbocycles. The Morgan fingerprint density at radius 1 is 1.05 bits per heavy atom. The summed E-state index contributed by atoms with van der Waals surface area (Å²) in [5.41, 5.74) is -0.809. The van der Waals surface area contributed by atoms with Crippen molar-refractivity contribution in [2.24, 2.45) is 51.8 Å². The number of aliphatic hydroxyl groups is 2. The van der Waals surface area contributed by atoms with Gasteiger partial charge in [0.05, 0.1) is 17.6 Å². The minimum absolute atomic E-state index is 0.00131. The predicted molar refractivity (Wildman–Crippen MR) is 151 cm³/mol. The van der Waals surface area contributed by atoms with Crippen LogP contribution in [0.1, 0.15) is 106 Å². The van der Waals surface area contributed by atoms with E-state index in [1.54, 1.807) is 0 Å². The second kappa shape index (κ2) is 11.5. The Morgan fingerprint density at radius 2 is 1.75 bits per heavy atom. The summed E-state index contributed by atoms with van der Waals surface area (Å²) in [6.07, 6.45) is 6.54. The molecule has 11 unspecified atom stereocenters. The molecular weight excluding hydrogens is 510 g/mol. The summed E-state index contributed by atoms with van der Waals surface area (Å²) in [5.74, 6) is -0.122. The molecule has 4 saturated carbocycles. The molecule has 0 heterocycles. The molecule has 0 saturated heterocycles. The number of amides is 1. The van der Waals surface area contributed by atoms with Gasteiger partial charge in [0.25, 0.3) is 0 Å². The molecule has 0 aromatic rings. The van der Waals surface area contributed by atoms with E-state index in [2.05, 4.69) is 26.1 Å². The number of rotatable bonds is 9. The van der Waals surface area contributed by atoms with Crippen LogP contribution in [0.4, 0.5) is 0 Å². The third-order valence-electron chi connectivity index (χ3n) is 12.5. The number of ether oxygens (including phenoxy) is 1. The fourth-order valence-electron chi connectivity index (χ4n) is 9.50. The SMILES string of the molecule is CCC(C)(C)C(=O)OC1CCC2(C)C(C1)CC(O)C1C2CC(O)C2(C)C(C(C)CCC(=O)NCC(=O)O)CCC12. The lowest BCUT2D eigenvalue weighted by atomic mass is 9.43. The number of nitrogens with one attached hydrogen (secondary N) is 1. The number of hydrogen-bond donors (Lipinski definition) is 4. The normalized spacial score (nSPS) is 41.7. The van der Waals surface area contributed by atoms with Gasteiger partial charge in [0.2, 0.25) is 5.91 Å². The number of aliphatic carboxylic acids is 1. The van der Waals surface area contributed by atoms with Crippen molar-refractivity contribution in [1.82, 2.24) is 5.32 Å². The number of carboxylic acids is 1. The average molecular weight is 564 g/mol. The quantitative estimate of drug-likeness (QED) is 0.303. The number of hydrogen-bond acceptors (Lipinski definition) is 6. The van der Waals surface area contributed by atoms with Crippen LogP contribution in [0.2, 0.25) is 0 Å². The molecule has 0 aliphatic heterocycles. The smallest absolute Gasteiger partial charge is 0.322 e. The molecule has 0 bridgehead atoms. The molecule has 4 fully saturated rings. The van der Waals surface area contributed by atoms with E-state index >= 15 is 0 Å². The monoisotopic (exact) mass is 563 g/mol. The third kappa shape index (κ3) is 5.56. The fraction of sp³-hybridized carbons (Fsp3) is 0.906. The van der Waals surface area contributed by atoms with Crippen LogP contribution in [0.15, 0.2) is 0 Å². The first kappa shape index (κ1) is 31.3. The van der Waals surface area contributed by atoms with Crippen LogP contribution < -0.4 is 5.32 Å². The summed E-state index contributed by atoms with van der Waals surface area (Å²) in [4.78, 5) is 35.7. The zero-order valence-corrected chi connectivity index (χ0v) is 25.4. The largest absolute Gasteiger partial charge is 0.480 e. The Bertz CT molecular complexity index is 967. The highest BCUT2D eigenvalue weighted by molar-refractivity contribution is 5.81. The van der Waals surface area contributed by atoms with E-state index in [-0.39, 0.29) is 77.3 Å². The minimum atomic E-state index is -1.05. The maximum Gasteiger partial charge on any atom is 0.322 e. The van der Waals surface area contributed by atoms with Crippen molar-refractivity contribution in [1.29, 1.82) is 0 Å². The third-order valence-corrected chi connectivity index (χ3v) is 12.5. The van der Waals surface area contributed by atoms with Crippen molar-refractivity contribution >= 4 is 17.8 Å². The minimum Gasteiger partial charge on any atom is -0.480 e. The summed E-state index contributed by atoms with van der Waals surface area (Å²) in [6.45, 7) is 12.2. The van der Waals surface area contributed by atoms with E-state index in [1.807, 2.05) is 20.8 Å². The van der Waals surface area contributed by atoms with E-state index in [4.69, 9.17) is 9.84 Å². The average Bonchev–Trinajstić information content (AvgIpc) is 3.25. The molecule has 40 heavy (non-hydrogen) atoms. The predicted octanol–water partition coefficient (Wildman–Crippen LogP) is 4.55. The van der Waals surface area contributed by atoms with Crippen LogP contribution in [0.5, 0.6) is 0 Å². The van der Waals surface area contributed by atoms with Gasteiger partial charge in [0.15, 0.2) is 0 Å². The van der Waals surface area contributed by atoms with E-state index in [0.29, 0.717) is 12.8 Å². The topological polar surface area (TPSA) is 133 Å². The van der Waals surface area contributed by atoms with Gasteiger partial charge < -0.3 is 25.4 Å². The Hall–Kier alpha value is -1.67. The molecule has 11 atom stereocenters. The molecule has 4 rings (SSSR count). The summed E-state index contributed by atoms with van der Waals surface area (Å²) >= 11 is 0. The van der Waals surface area contributed by atoms with Crippen LogP contribution in [0, 0.1) is 51.8 Å². The van der Waals surface area contributed by atoms with Crippen LogP contribution in [-0.4, -0.2) is 58.0 Å². The molecule has 4 aliphatic carbocycles. The van der Waals surface area contributed by atoms with E-state index in [0.717, 1.165) is 44.9 Å². The van der Waals surface area contributed by atoms with Gasteiger partial charge in [0.1, 0.15) is 12.6 Å². The Labute approximate surface area is 240 Å². The first-order valence-electron chi connectivity index (χ1n) is 15.7. The Kier molecular flexibility index (Phi) is 9.02. The van der Waals surface area contributed by atoms with Crippen LogP contribution in [0.3, 0.4) is 0 Å². The molecule has 4 aliphatic rings. The van der Waals surface area contributed by atoms with E-state index in [1.165, 1.54) is 0 Å². The van der Waals surface area contributed by atoms with E-state index < -0.39 is 23.6 Å². The molecule has 228 valence electrons. The Morgan fingerprint density at radius 3 is 2.40 bits per heavy atom. The highest BCUT2D eigenvalue weighted by Gasteiger charge is 2.65. The summed E-state index contributed by atoms with van der Waals surface area (Å²) in [5, 5.41) is 34.7. The second-order valence-corrected chi connectivity index (χ2v) is 14.8. The number of carbonyl (C=O) groups excluding carboxylic acids is 2. The van der Waals surface area contributed by atoms with Crippen molar-refractivity contribution in [3.8, 4) is 0 Å². The van der Waals surface area contributed by atoms with Gasteiger partial charge in [-0.25, -0.2) is 0 Å². The summed E-state index contributed by atoms with van der Waals surface area (Å²) in [7, 11) is 0. The number of aliphatic hydroxyl groups excluding tert-OH is 2. The zero-order valence-electron chi connectivity index (χ0n) is 25.4. The maximum absolute atomic E-state index is 12.8. The van der Waals surface area contributed by atoms with Crippen molar-refractivity contribution in [2.45, 2.75) is 124 Å². The van der Waals surface area contributed by atoms with Crippen molar-refractivity contribution in [2.75, 3.05) is 6.54 Å². The lowest BCUT2D eigenvalue weighted by Crippen LogP contribution is -2.62. The number of carbonyl (C=O) groups is 3. The summed E-state index contributed by atoms with van der Waals surface area (Å²) < 4.78 is 6.00. The molecule has 0 radical (unpaired) electrons. The lowest BCUT2D eigenvalue weighted by Gasteiger charge is -2.63. The van der Waals surface area contributed by atoms with E-state index in [9.17, 15) is 24.6 Å². The molecular formula is C32H53NO7. The van der Waals surface area contributed by atoms with Crippen LogP contribution in [0.25, 0.3) is 0 Å². The highest BCUT2D eigenvalue weighted by Crippen LogP contribution is 2.68. The number of fused-ring (bicyclic) bond motifs is 5. The first-order chi connectivity index (χ1) is 18.6. The number of esters is 1. The van der Waals surface area contributed by atoms with Crippen molar-refractivity contribution < 1.29 is 34.4 Å². The van der Waals surface area contributed by atoms with Gasteiger partial charge in [-0.2, -0.15) is 0 Å².